The second-order valence-corrected chi connectivity index (χ2v) is 7.45. The van der Waals surface area contributed by atoms with Crippen molar-refractivity contribution in [2.75, 3.05) is 26.6 Å². The van der Waals surface area contributed by atoms with Gasteiger partial charge in [0.2, 0.25) is 5.91 Å². The highest BCUT2D eigenvalue weighted by molar-refractivity contribution is 7.11. The number of benzene rings is 2. The van der Waals surface area contributed by atoms with E-state index >= 15 is 0 Å². The van der Waals surface area contributed by atoms with Crippen LogP contribution in [0.5, 0.6) is 17.2 Å². The van der Waals surface area contributed by atoms with Crippen molar-refractivity contribution in [1.82, 2.24) is 0 Å². The van der Waals surface area contributed by atoms with Crippen molar-refractivity contribution in [3.05, 3.63) is 58.3 Å². The van der Waals surface area contributed by atoms with E-state index in [-0.39, 0.29) is 11.8 Å². The molecule has 0 saturated carbocycles. The Morgan fingerprint density at radius 1 is 1.00 bits per heavy atom. The summed E-state index contributed by atoms with van der Waals surface area (Å²) in [5, 5.41) is 5.16. The van der Waals surface area contributed by atoms with Crippen molar-refractivity contribution in [1.29, 1.82) is 0 Å². The third kappa shape index (κ3) is 3.20. The quantitative estimate of drug-likeness (QED) is 0.667. The number of ether oxygens (including phenoxy) is 3. The van der Waals surface area contributed by atoms with Crippen molar-refractivity contribution < 1.29 is 19.0 Å². The molecule has 1 unspecified atom stereocenters. The highest BCUT2D eigenvalue weighted by Crippen LogP contribution is 2.47. The molecule has 1 atom stereocenters. The van der Waals surface area contributed by atoms with Gasteiger partial charge in [-0.2, -0.15) is 0 Å². The number of carbonyl (C=O) groups is 1. The second-order valence-electron chi connectivity index (χ2n) is 6.54. The van der Waals surface area contributed by atoms with E-state index in [0.29, 0.717) is 17.9 Å². The van der Waals surface area contributed by atoms with Crippen molar-refractivity contribution in [2.45, 2.75) is 12.3 Å². The van der Waals surface area contributed by atoms with E-state index in [0.717, 1.165) is 33.0 Å². The topological polar surface area (TPSA) is 56.8 Å². The third-order valence-electron chi connectivity index (χ3n) is 4.98. The number of amides is 1. The van der Waals surface area contributed by atoms with E-state index in [9.17, 15) is 4.79 Å². The molecule has 5 nitrogen and oxygen atoms in total. The number of nitrogens with one attached hydrogen (secondary N) is 1. The van der Waals surface area contributed by atoms with Crippen LogP contribution < -0.4 is 19.5 Å². The van der Waals surface area contributed by atoms with Gasteiger partial charge in [0.1, 0.15) is 5.75 Å². The molecule has 0 bridgehead atoms. The van der Waals surface area contributed by atoms with Gasteiger partial charge in [-0.25, -0.2) is 0 Å². The lowest BCUT2D eigenvalue weighted by Gasteiger charge is -2.24. The smallest absolute Gasteiger partial charge is 0.225 e. The Bertz CT molecular complexity index is 1030. The van der Waals surface area contributed by atoms with E-state index < -0.39 is 0 Å². The number of hydrogen-bond acceptors (Lipinski definition) is 5. The lowest BCUT2D eigenvalue weighted by Crippen LogP contribution is -2.22. The van der Waals surface area contributed by atoms with Gasteiger partial charge in [-0.1, -0.05) is 18.2 Å². The number of carbonyl (C=O) groups excluding carboxylic acids is 1. The molecule has 0 saturated heterocycles. The molecule has 1 amide bonds. The highest BCUT2D eigenvalue weighted by Gasteiger charge is 2.30. The van der Waals surface area contributed by atoms with Crippen LogP contribution >= 0.6 is 11.3 Å². The van der Waals surface area contributed by atoms with Crippen LogP contribution in [0.15, 0.2) is 47.8 Å². The minimum Gasteiger partial charge on any atom is -0.497 e. The van der Waals surface area contributed by atoms with E-state index in [1.54, 1.807) is 32.7 Å². The molecule has 0 aliphatic carbocycles. The summed E-state index contributed by atoms with van der Waals surface area (Å²) in [5.41, 5.74) is 3.92. The van der Waals surface area contributed by atoms with Gasteiger partial charge in [0.15, 0.2) is 11.5 Å². The summed E-state index contributed by atoms with van der Waals surface area (Å²) < 4.78 is 16.1. The van der Waals surface area contributed by atoms with Gasteiger partial charge < -0.3 is 19.5 Å². The Morgan fingerprint density at radius 3 is 2.57 bits per heavy atom. The monoisotopic (exact) mass is 395 g/mol. The van der Waals surface area contributed by atoms with Gasteiger partial charge >= 0.3 is 0 Å². The minimum atomic E-state index is 0.0118. The van der Waals surface area contributed by atoms with Crippen molar-refractivity contribution in [3.8, 4) is 28.4 Å². The summed E-state index contributed by atoms with van der Waals surface area (Å²) >= 11 is 1.66. The number of thiophene rings is 1. The molecule has 1 aliphatic rings. The molecular formula is C22H21NO4S. The fourth-order valence-electron chi connectivity index (χ4n) is 3.57. The largest absolute Gasteiger partial charge is 0.497 e. The van der Waals surface area contributed by atoms with Gasteiger partial charge in [0, 0.05) is 28.2 Å². The van der Waals surface area contributed by atoms with E-state index in [2.05, 4.69) is 10.7 Å². The zero-order valence-corrected chi connectivity index (χ0v) is 16.8. The summed E-state index contributed by atoms with van der Waals surface area (Å²) in [5.74, 6) is 2.15. The molecule has 3 aromatic rings. The maximum absolute atomic E-state index is 12.5. The number of hydrogen-bond donors (Lipinski definition) is 1. The molecule has 2 heterocycles. The summed E-state index contributed by atoms with van der Waals surface area (Å²) in [6.45, 7) is 0. The Balaban J connectivity index is 1.79. The van der Waals surface area contributed by atoms with Crippen LogP contribution in [0.4, 0.5) is 5.69 Å². The van der Waals surface area contributed by atoms with Crippen molar-refractivity contribution >= 4 is 22.9 Å². The SMILES string of the molecule is COc1cccc(C2CC(=O)Nc3c(-c4ccc(OC)c(OC)c4)csc32)c1. The first-order valence-electron chi connectivity index (χ1n) is 8.92. The molecule has 2 aromatic carbocycles. The molecule has 4 rings (SSSR count). The Kier molecular flexibility index (Phi) is 4.96. The Morgan fingerprint density at radius 2 is 1.82 bits per heavy atom. The highest BCUT2D eigenvalue weighted by atomic mass is 32.1. The number of anilines is 1. The molecule has 0 radical (unpaired) electrons. The van der Waals surface area contributed by atoms with Crippen LogP contribution in [0.2, 0.25) is 0 Å². The number of methoxy groups -OCH3 is 3. The second kappa shape index (κ2) is 7.56. The first-order chi connectivity index (χ1) is 13.6. The molecular weight excluding hydrogens is 374 g/mol. The first kappa shape index (κ1) is 18.4. The van der Waals surface area contributed by atoms with Gasteiger partial charge in [-0.05, 0) is 35.4 Å². The fourth-order valence-corrected chi connectivity index (χ4v) is 4.73. The maximum atomic E-state index is 12.5. The average molecular weight is 395 g/mol. The molecule has 144 valence electrons. The predicted molar refractivity (Wildman–Crippen MR) is 111 cm³/mol. The molecule has 0 spiro atoms. The maximum Gasteiger partial charge on any atom is 0.225 e. The van der Waals surface area contributed by atoms with Gasteiger partial charge in [0.25, 0.3) is 0 Å². The minimum absolute atomic E-state index is 0.0118. The standard InChI is InChI=1S/C22H21NO4S/c1-25-15-6-4-5-13(9-15)16-11-20(24)23-21-17(12-28-22(16)21)14-7-8-18(26-2)19(10-14)27-3/h4-10,12,16H,11H2,1-3H3,(H,23,24). The van der Waals surface area contributed by atoms with Crippen molar-refractivity contribution in [3.63, 3.8) is 0 Å². The third-order valence-corrected chi connectivity index (χ3v) is 6.08. The lowest BCUT2D eigenvalue weighted by atomic mass is 9.89. The predicted octanol–water partition coefficient (Wildman–Crippen LogP) is 4.92. The van der Waals surface area contributed by atoms with Crippen LogP contribution in [-0.2, 0) is 4.79 Å². The average Bonchev–Trinajstić information content (AvgIpc) is 3.16. The van der Waals surface area contributed by atoms with Gasteiger partial charge in [0.05, 0.1) is 27.0 Å². The van der Waals surface area contributed by atoms with Crippen LogP contribution in [0.25, 0.3) is 11.1 Å². The van der Waals surface area contributed by atoms with E-state index in [4.69, 9.17) is 14.2 Å². The van der Waals surface area contributed by atoms with Gasteiger partial charge in [-0.3, -0.25) is 4.79 Å². The van der Waals surface area contributed by atoms with Crippen LogP contribution in [0, 0.1) is 0 Å². The van der Waals surface area contributed by atoms with Crippen LogP contribution in [-0.4, -0.2) is 27.2 Å². The molecule has 1 N–H and O–H groups in total. The molecule has 28 heavy (non-hydrogen) atoms. The summed E-state index contributed by atoms with van der Waals surface area (Å²) in [7, 11) is 4.88. The normalized spacial score (nSPS) is 15.5. The van der Waals surface area contributed by atoms with Gasteiger partial charge in [-0.15, -0.1) is 11.3 Å². The Hall–Kier alpha value is -2.99. The lowest BCUT2D eigenvalue weighted by molar-refractivity contribution is -0.116. The van der Waals surface area contributed by atoms with Crippen molar-refractivity contribution in [2.24, 2.45) is 0 Å². The zero-order valence-electron chi connectivity index (χ0n) is 15.9. The number of rotatable bonds is 5. The Labute approximate surface area is 167 Å². The zero-order chi connectivity index (χ0) is 19.7. The molecule has 0 fully saturated rings. The van der Waals surface area contributed by atoms with E-state index in [1.165, 1.54) is 0 Å². The fraction of sp³-hybridized carbons (Fsp3) is 0.227. The van der Waals surface area contributed by atoms with Crippen LogP contribution in [0.3, 0.4) is 0 Å². The van der Waals surface area contributed by atoms with Crippen LogP contribution in [0.1, 0.15) is 22.8 Å². The molecule has 1 aromatic heterocycles. The molecule has 6 heteroatoms. The summed E-state index contributed by atoms with van der Waals surface area (Å²) in [6, 6.07) is 13.7. The number of fused-ring (bicyclic) bond motifs is 1. The molecule has 1 aliphatic heterocycles. The first-order valence-corrected chi connectivity index (χ1v) is 9.80. The summed E-state index contributed by atoms with van der Waals surface area (Å²) in [6.07, 6.45) is 0.423. The van der Waals surface area contributed by atoms with E-state index in [1.807, 2.05) is 42.5 Å². The summed E-state index contributed by atoms with van der Waals surface area (Å²) in [4.78, 5) is 13.6.